The van der Waals surface area contributed by atoms with Gasteiger partial charge in [-0.3, -0.25) is 24.7 Å². The van der Waals surface area contributed by atoms with E-state index in [0.717, 1.165) is 19.3 Å². The quantitative estimate of drug-likeness (QED) is 0.229. The molecule has 6 rings (SSSR count). The van der Waals surface area contributed by atoms with Gasteiger partial charge in [-0.05, 0) is 50.3 Å². The zero-order valence-electron chi connectivity index (χ0n) is 23.1. The summed E-state index contributed by atoms with van der Waals surface area (Å²) in [7, 11) is 0. The van der Waals surface area contributed by atoms with Gasteiger partial charge in [-0.25, -0.2) is 4.79 Å². The Balaban J connectivity index is 1.59. The van der Waals surface area contributed by atoms with Crippen molar-refractivity contribution in [1.82, 2.24) is 5.01 Å². The van der Waals surface area contributed by atoms with E-state index < -0.39 is 57.6 Å². The van der Waals surface area contributed by atoms with Crippen molar-refractivity contribution in [3.63, 3.8) is 0 Å². The molecule has 11 nitrogen and oxygen atoms in total. The van der Waals surface area contributed by atoms with E-state index in [1.807, 2.05) is 12.1 Å². The summed E-state index contributed by atoms with van der Waals surface area (Å²) in [5, 5.41) is 17.5. The van der Waals surface area contributed by atoms with Crippen LogP contribution in [0.4, 0.5) is 5.69 Å². The summed E-state index contributed by atoms with van der Waals surface area (Å²) in [6.07, 6.45) is 4.78. The lowest BCUT2D eigenvalue weighted by molar-refractivity contribution is -0.384. The topological polar surface area (TPSA) is 138 Å². The van der Waals surface area contributed by atoms with Crippen molar-refractivity contribution in [2.24, 2.45) is 10.5 Å². The predicted octanol–water partition coefficient (Wildman–Crippen LogP) is 4.54. The Bertz CT molecular complexity index is 1430. The number of nitro benzene ring substituents is 1. The van der Waals surface area contributed by atoms with Crippen LogP contribution in [0.2, 0.25) is 0 Å². The zero-order chi connectivity index (χ0) is 29.2. The molecule has 3 aliphatic heterocycles. The lowest BCUT2D eigenvalue weighted by Gasteiger charge is -2.47. The van der Waals surface area contributed by atoms with Crippen LogP contribution < -0.4 is 0 Å². The summed E-state index contributed by atoms with van der Waals surface area (Å²) in [4.78, 5) is 53.9. The summed E-state index contributed by atoms with van der Waals surface area (Å²) in [5.41, 5.74) is -1.48. The van der Waals surface area contributed by atoms with Crippen molar-refractivity contribution in [1.29, 1.82) is 0 Å². The van der Waals surface area contributed by atoms with E-state index in [-0.39, 0.29) is 5.69 Å². The summed E-state index contributed by atoms with van der Waals surface area (Å²) < 4.78 is 18.0. The van der Waals surface area contributed by atoms with Crippen molar-refractivity contribution in [2.45, 2.75) is 82.3 Å². The molecule has 2 saturated heterocycles. The number of hydrogen-bond donors (Lipinski definition) is 0. The van der Waals surface area contributed by atoms with Gasteiger partial charge in [0.2, 0.25) is 5.41 Å². The van der Waals surface area contributed by atoms with Gasteiger partial charge in [0.05, 0.1) is 11.1 Å². The van der Waals surface area contributed by atoms with Crippen LogP contribution in [0.5, 0.6) is 0 Å². The highest BCUT2D eigenvalue weighted by atomic mass is 16.7. The number of hydrogen-bond acceptors (Lipinski definition) is 10. The number of fused-ring (bicyclic) bond motifs is 4. The molecular weight excluding hydrogens is 530 g/mol. The molecule has 0 aromatic heterocycles. The van der Waals surface area contributed by atoms with Crippen LogP contribution in [0.1, 0.15) is 81.5 Å². The highest BCUT2D eigenvalue weighted by Crippen LogP contribution is 2.63. The molecule has 0 unspecified atom stereocenters. The van der Waals surface area contributed by atoms with Gasteiger partial charge < -0.3 is 14.2 Å². The minimum absolute atomic E-state index is 0.175. The number of nitro groups is 1. The van der Waals surface area contributed by atoms with Crippen molar-refractivity contribution in [3.05, 3.63) is 75.3 Å². The van der Waals surface area contributed by atoms with Gasteiger partial charge in [-0.2, -0.15) is 5.10 Å². The van der Waals surface area contributed by atoms with Gasteiger partial charge in [0.25, 0.3) is 11.5 Å². The van der Waals surface area contributed by atoms with Gasteiger partial charge in [0.1, 0.15) is 11.6 Å². The molecule has 3 atom stereocenters. The lowest BCUT2D eigenvalue weighted by Crippen LogP contribution is -2.60. The first-order valence-corrected chi connectivity index (χ1v) is 13.8. The minimum Gasteiger partial charge on any atom is -0.458 e. The van der Waals surface area contributed by atoms with Gasteiger partial charge in [0, 0.05) is 30.9 Å². The van der Waals surface area contributed by atoms with Crippen molar-refractivity contribution in [2.75, 3.05) is 0 Å². The van der Waals surface area contributed by atoms with Crippen LogP contribution in [-0.2, 0) is 28.6 Å². The summed E-state index contributed by atoms with van der Waals surface area (Å²) >= 11 is 0. The monoisotopic (exact) mass is 561 g/mol. The largest absolute Gasteiger partial charge is 0.458 e. The molecule has 0 bridgehead atoms. The highest BCUT2D eigenvalue weighted by Gasteiger charge is 2.76. The second kappa shape index (κ2) is 9.39. The van der Waals surface area contributed by atoms with E-state index in [1.54, 1.807) is 39.1 Å². The molecule has 0 amide bonds. The maximum absolute atomic E-state index is 14.5. The Labute approximate surface area is 236 Å². The normalized spacial score (nSPS) is 25.7. The molecule has 3 fully saturated rings. The van der Waals surface area contributed by atoms with E-state index in [1.165, 1.54) is 29.3 Å². The van der Waals surface area contributed by atoms with Gasteiger partial charge >= 0.3 is 17.9 Å². The number of carbonyl (C=O) groups excluding carboxylic acids is 3. The third kappa shape index (κ3) is 4.17. The van der Waals surface area contributed by atoms with Gasteiger partial charge in [0.15, 0.2) is 6.04 Å². The standard InChI is InChI=1S/C30H31N3O8/c1-28(2,3)39-25(34)23-22(18-11-13-20(14-12-18)33(37)38)30(24-21-10-6-5-9-19(21)17-31-32(23)24)26(35)40-29(41-27(30)36)15-7-4-8-16-29/h5-6,9-14,17,22-24H,4,7-8,15-16H2,1-3H3/t22-,23+,24+/m1/s1. The summed E-state index contributed by atoms with van der Waals surface area (Å²) in [6, 6.07) is 10.4. The second-order valence-electron chi connectivity index (χ2n) is 12.1. The molecule has 2 spiro atoms. The second-order valence-corrected chi connectivity index (χ2v) is 12.1. The lowest BCUT2D eigenvalue weighted by atomic mass is 9.65. The van der Waals surface area contributed by atoms with Gasteiger partial charge in [-0.15, -0.1) is 0 Å². The van der Waals surface area contributed by atoms with E-state index in [4.69, 9.17) is 14.2 Å². The van der Waals surface area contributed by atoms with Crippen LogP contribution in [-0.4, -0.2) is 51.5 Å². The SMILES string of the molecule is CC(C)(C)OC(=O)[C@@H]1[C@@H](c2ccc([N+](=O)[O-])cc2)C2(C(=O)OC3(CCCCC3)OC2=O)[C@@H]2c3ccccc3C=NN12. The molecule has 2 aromatic carbocycles. The molecule has 1 aliphatic carbocycles. The van der Waals surface area contributed by atoms with Crippen LogP contribution in [0.25, 0.3) is 0 Å². The van der Waals surface area contributed by atoms with Crippen molar-refractivity contribution in [3.8, 4) is 0 Å². The molecule has 11 heteroatoms. The first-order valence-electron chi connectivity index (χ1n) is 13.8. The van der Waals surface area contributed by atoms with E-state index in [9.17, 15) is 24.5 Å². The van der Waals surface area contributed by atoms with E-state index in [0.29, 0.717) is 29.5 Å². The number of non-ortho nitro benzene ring substituents is 1. The highest BCUT2D eigenvalue weighted by molar-refractivity contribution is 6.06. The number of hydrazone groups is 1. The number of esters is 3. The van der Waals surface area contributed by atoms with E-state index in [2.05, 4.69) is 5.10 Å². The maximum atomic E-state index is 14.5. The molecular formula is C30H31N3O8. The maximum Gasteiger partial charge on any atom is 0.331 e. The van der Waals surface area contributed by atoms with Crippen LogP contribution in [0.15, 0.2) is 53.6 Å². The molecule has 4 aliphatic rings. The van der Waals surface area contributed by atoms with Gasteiger partial charge in [-0.1, -0.05) is 42.8 Å². The Morgan fingerprint density at radius 1 is 1.02 bits per heavy atom. The summed E-state index contributed by atoms with van der Waals surface area (Å²) in [5.74, 6) is -4.84. The average molecular weight is 562 g/mol. The first-order chi connectivity index (χ1) is 19.5. The Morgan fingerprint density at radius 2 is 1.66 bits per heavy atom. The van der Waals surface area contributed by atoms with Crippen molar-refractivity contribution >= 4 is 29.8 Å². The number of nitrogens with zero attached hydrogens (tertiary/aromatic N) is 3. The average Bonchev–Trinajstić information content (AvgIpc) is 3.24. The predicted molar refractivity (Wildman–Crippen MR) is 145 cm³/mol. The van der Waals surface area contributed by atoms with Crippen LogP contribution in [0, 0.1) is 15.5 Å². The molecule has 1 saturated carbocycles. The Hall–Kier alpha value is -4.28. The smallest absolute Gasteiger partial charge is 0.331 e. The fourth-order valence-corrected chi connectivity index (χ4v) is 6.71. The Kier molecular flexibility index (Phi) is 6.16. The fourth-order valence-electron chi connectivity index (χ4n) is 6.71. The van der Waals surface area contributed by atoms with Crippen molar-refractivity contribution < 1.29 is 33.5 Å². The fraction of sp³-hybridized carbons (Fsp3) is 0.467. The molecule has 3 heterocycles. The molecule has 0 N–H and O–H groups in total. The Morgan fingerprint density at radius 3 is 2.27 bits per heavy atom. The van der Waals surface area contributed by atoms with E-state index >= 15 is 0 Å². The molecule has 41 heavy (non-hydrogen) atoms. The van der Waals surface area contributed by atoms with Crippen LogP contribution in [0.3, 0.4) is 0 Å². The molecule has 0 radical (unpaired) electrons. The molecule has 214 valence electrons. The third-order valence-corrected chi connectivity index (χ3v) is 8.37. The first kappa shape index (κ1) is 26.9. The van der Waals surface area contributed by atoms with Crippen LogP contribution >= 0.6 is 0 Å². The number of ether oxygens (including phenoxy) is 3. The minimum atomic E-state index is -2.05. The molecule has 2 aromatic rings. The number of rotatable bonds is 3. The summed E-state index contributed by atoms with van der Waals surface area (Å²) in [6.45, 7) is 5.16. The third-order valence-electron chi connectivity index (χ3n) is 8.37. The number of carbonyl (C=O) groups is 3. The zero-order valence-corrected chi connectivity index (χ0v) is 23.1. The number of benzene rings is 2.